The zero-order valence-corrected chi connectivity index (χ0v) is 40.8. The van der Waals surface area contributed by atoms with Crippen LogP contribution in [0.2, 0.25) is 0 Å². The number of aliphatic hydroxyl groups is 5. The molecule has 1 aliphatic heterocycles. The highest BCUT2D eigenvalue weighted by molar-refractivity contribution is 5.76. The van der Waals surface area contributed by atoms with Gasteiger partial charge in [0.15, 0.2) is 6.29 Å². The van der Waals surface area contributed by atoms with Crippen molar-refractivity contribution in [3.05, 3.63) is 36.5 Å². The van der Waals surface area contributed by atoms with Crippen molar-refractivity contribution in [3.8, 4) is 0 Å². The summed E-state index contributed by atoms with van der Waals surface area (Å²) in [5.41, 5.74) is 0. The molecule has 370 valence electrons. The number of rotatable bonds is 45. The monoisotopic (exact) mass is 892 g/mol. The summed E-state index contributed by atoms with van der Waals surface area (Å²) in [5, 5.41) is 54.3. The van der Waals surface area contributed by atoms with Gasteiger partial charge in [0.05, 0.1) is 25.4 Å². The van der Waals surface area contributed by atoms with Crippen LogP contribution in [0.4, 0.5) is 0 Å². The first-order chi connectivity index (χ1) is 30.8. The normalized spacial score (nSPS) is 20.4. The molecule has 0 saturated carbocycles. The summed E-state index contributed by atoms with van der Waals surface area (Å²) in [6.45, 7) is 3.76. The average molecular weight is 892 g/mol. The van der Waals surface area contributed by atoms with Gasteiger partial charge in [-0.3, -0.25) is 4.79 Å². The van der Waals surface area contributed by atoms with Crippen LogP contribution in [0.3, 0.4) is 0 Å². The smallest absolute Gasteiger partial charge is 0.220 e. The number of nitrogens with one attached hydrogen (secondary N) is 1. The first-order valence-corrected chi connectivity index (χ1v) is 26.7. The second-order valence-electron chi connectivity index (χ2n) is 18.7. The second-order valence-corrected chi connectivity index (χ2v) is 18.7. The molecule has 0 aromatic rings. The van der Waals surface area contributed by atoms with Gasteiger partial charge in [0.2, 0.25) is 5.91 Å². The average Bonchev–Trinajstić information content (AvgIpc) is 3.28. The van der Waals surface area contributed by atoms with Crippen LogP contribution in [-0.4, -0.2) is 87.5 Å². The Morgan fingerprint density at radius 2 is 0.905 bits per heavy atom. The van der Waals surface area contributed by atoms with Crippen LogP contribution in [-0.2, 0) is 14.3 Å². The molecular formula is C54H101NO8. The Labute approximate surface area is 387 Å². The number of allylic oxidation sites excluding steroid dienone is 5. The van der Waals surface area contributed by atoms with Gasteiger partial charge in [-0.05, 0) is 57.8 Å². The van der Waals surface area contributed by atoms with Gasteiger partial charge >= 0.3 is 0 Å². The van der Waals surface area contributed by atoms with Crippen molar-refractivity contribution in [1.29, 1.82) is 0 Å². The summed E-state index contributed by atoms with van der Waals surface area (Å²) < 4.78 is 11.2. The maximum atomic E-state index is 13.0. The molecule has 1 rings (SSSR count). The molecule has 0 aromatic heterocycles. The molecule has 0 spiro atoms. The molecular weight excluding hydrogens is 791 g/mol. The summed E-state index contributed by atoms with van der Waals surface area (Å²) in [7, 11) is 0. The lowest BCUT2D eigenvalue weighted by atomic mass is 9.99. The van der Waals surface area contributed by atoms with E-state index in [1.54, 1.807) is 6.08 Å². The minimum absolute atomic E-state index is 0.185. The third-order valence-electron chi connectivity index (χ3n) is 12.7. The Kier molecular flexibility index (Phi) is 41.7. The van der Waals surface area contributed by atoms with E-state index in [1.165, 1.54) is 186 Å². The van der Waals surface area contributed by atoms with E-state index in [9.17, 15) is 30.3 Å². The van der Waals surface area contributed by atoms with Gasteiger partial charge < -0.3 is 40.3 Å². The van der Waals surface area contributed by atoms with Crippen molar-refractivity contribution < 1.29 is 39.8 Å². The summed E-state index contributed by atoms with van der Waals surface area (Å²) in [6, 6.07) is -0.819. The van der Waals surface area contributed by atoms with Gasteiger partial charge in [-0.1, -0.05) is 217 Å². The van der Waals surface area contributed by atoms with Crippen LogP contribution in [0.5, 0.6) is 0 Å². The quantitative estimate of drug-likeness (QED) is 0.0261. The first kappa shape index (κ1) is 59.4. The van der Waals surface area contributed by atoms with Gasteiger partial charge in [-0.15, -0.1) is 0 Å². The molecule has 1 saturated heterocycles. The topological polar surface area (TPSA) is 149 Å². The van der Waals surface area contributed by atoms with Gasteiger partial charge in [0, 0.05) is 6.42 Å². The molecule has 9 heteroatoms. The first-order valence-electron chi connectivity index (χ1n) is 26.7. The van der Waals surface area contributed by atoms with E-state index >= 15 is 0 Å². The van der Waals surface area contributed by atoms with Crippen LogP contribution in [0.15, 0.2) is 36.5 Å². The summed E-state index contributed by atoms with van der Waals surface area (Å²) in [5.74, 6) is -0.185. The third kappa shape index (κ3) is 34.4. The molecule has 1 fully saturated rings. The van der Waals surface area contributed by atoms with E-state index in [1.807, 2.05) is 6.08 Å². The molecule has 0 radical (unpaired) electrons. The van der Waals surface area contributed by atoms with Gasteiger partial charge in [0.1, 0.15) is 24.4 Å². The van der Waals surface area contributed by atoms with Crippen molar-refractivity contribution in [2.24, 2.45) is 0 Å². The Bertz CT molecular complexity index is 1080. The van der Waals surface area contributed by atoms with E-state index in [0.717, 1.165) is 38.5 Å². The van der Waals surface area contributed by atoms with E-state index < -0.39 is 49.5 Å². The van der Waals surface area contributed by atoms with E-state index in [-0.39, 0.29) is 12.5 Å². The predicted molar refractivity (Wildman–Crippen MR) is 263 cm³/mol. The molecule has 7 atom stereocenters. The zero-order valence-electron chi connectivity index (χ0n) is 40.8. The maximum Gasteiger partial charge on any atom is 0.220 e. The number of carbonyl (C=O) groups excluding carboxylic acids is 1. The van der Waals surface area contributed by atoms with E-state index in [0.29, 0.717) is 6.42 Å². The lowest BCUT2D eigenvalue weighted by molar-refractivity contribution is -0.302. The van der Waals surface area contributed by atoms with Crippen molar-refractivity contribution >= 4 is 5.91 Å². The Hall–Kier alpha value is -1.59. The van der Waals surface area contributed by atoms with Crippen LogP contribution >= 0.6 is 0 Å². The summed E-state index contributed by atoms with van der Waals surface area (Å²) in [4.78, 5) is 13.0. The molecule has 9 nitrogen and oxygen atoms in total. The van der Waals surface area contributed by atoms with Crippen LogP contribution < -0.4 is 5.32 Å². The zero-order chi connectivity index (χ0) is 45.9. The fourth-order valence-corrected chi connectivity index (χ4v) is 8.40. The van der Waals surface area contributed by atoms with Crippen molar-refractivity contribution in [3.63, 3.8) is 0 Å². The third-order valence-corrected chi connectivity index (χ3v) is 12.7. The summed E-state index contributed by atoms with van der Waals surface area (Å²) in [6.07, 6.45) is 49.3. The predicted octanol–water partition coefficient (Wildman–Crippen LogP) is 12.4. The largest absolute Gasteiger partial charge is 0.394 e. The lowest BCUT2D eigenvalue weighted by Gasteiger charge is -2.40. The van der Waals surface area contributed by atoms with Crippen LogP contribution in [0.25, 0.3) is 0 Å². The number of hydrogen-bond acceptors (Lipinski definition) is 8. The molecule has 1 heterocycles. The molecule has 7 unspecified atom stereocenters. The minimum atomic E-state index is -1.57. The number of aliphatic hydroxyl groups excluding tert-OH is 5. The summed E-state index contributed by atoms with van der Waals surface area (Å²) >= 11 is 0. The van der Waals surface area contributed by atoms with Gasteiger partial charge in [0.25, 0.3) is 0 Å². The standard InChI is InChI=1S/C54H101NO8/c1-3-5-7-9-11-13-15-17-18-19-20-21-22-23-24-25-26-27-28-29-30-32-34-36-38-40-42-44-50(58)55-47(46-62-54-53(61)52(60)51(59)49(45-56)63-54)48(57)43-41-39-37-35-33-31-16-14-12-10-8-6-4-2/h19-20,33,35,41,43,47-49,51-54,56-57,59-61H,3-18,21-32,34,36-40,42,44-46H2,1-2H3,(H,55,58)/b20-19-,35-33+,43-41+. The number of ether oxygens (including phenoxy) is 2. The second kappa shape index (κ2) is 44.3. The van der Waals surface area contributed by atoms with Gasteiger partial charge in [-0.2, -0.15) is 0 Å². The Balaban J connectivity index is 2.20. The maximum absolute atomic E-state index is 13.0. The highest BCUT2D eigenvalue weighted by Gasteiger charge is 2.44. The Morgan fingerprint density at radius 3 is 1.33 bits per heavy atom. The molecule has 0 aromatic carbocycles. The van der Waals surface area contributed by atoms with E-state index in [4.69, 9.17) is 9.47 Å². The molecule has 1 aliphatic rings. The molecule has 0 aliphatic carbocycles. The fourth-order valence-electron chi connectivity index (χ4n) is 8.40. The van der Waals surface area contributed by atoms with Crippen LogP contribution in [0, 0.1) is 0 Å². The Morgan fingerprint density at radius 1 is 0.524 bits per heavy atom. The van der Waals surface area contributed by atoms with E-state index in [2.05, 4.69) is 43.5 Å². The van der Waals surface area contributed by atoms with Crippen molar-refractivity contribution in [2.75, 3.05) is 13.2 Å². The lowest BCUT2D eigenvalue weighted by Crippen LogP contribution is -2.60. The SMILES string of the molecule is CCCCCCCCC/C=C/CC/C=C/C(O)C(COC1OC(CO)C(O)C(O)C1O)NC(=O)CCCCCCCCCCCCCCCCC/C=C\CCCCCCCCCC. The number of hydrogen-bond donors (Lipinski definition) is 6. The number of amides is 1. The minimum Gasteiger partial charge on any atom is -0.394 e. The molecule has 0 bridgehead atoms. The fraction of sp³-hybridized carbons (Fsp3) is 0.870. The van der Waals surface area contributed by atoms with Crippen LogP contribution in [0.1, 0.15) is 245 Å². The highest BCUT2D eigenvalue weighted by atomic mass is 16.7. The van der Waals surface area contributed by atoms with Gasteiger partial charge in [-0.25, -0.2) is 0 Å². The molecule has 1 amide bonds. The van der Waals surface area contributed by atoms with Crippen molar-refractivity contribution in [2.45, 2.75) is 288 Å². The van der Waals surface area contributed by atoms with Crippen molar-refractivity contribution in [1.82, 2.24) is 5.32 Å². The molecule has 6 N–H and O–H groups in total. The number of carbonyl (C=O) groups is 1. The molecule has 63 heavy (non-hydrogen) atoms. The highest BCUT2D eigenvalue weighted by Crippen LogP contribution is 2.23. The number of unbranched alkanes of at least 4 members (excludes halogenated alkanes) is 31.